The van der Waals surface area contributed by atoms with Gasteiger partial charge in [-0.15, -0.1) is 12.4 Å². The molecule has 0 spiro atoms. The number of hydrogen-bond donors (Lipinski definition) is 3. The summed E-state index contributed by atoms with van der Waals surface area (Å²) in [5.74, 6) is 3.50. The monoisotopic (exact) mass is 272 g/mol. The maximum atomic E-state index is 8.81. The topological polar surface area (TPSA) is 78.8 Å². The number of halogens is 1. The number of benzene rings is 1. The average Bonchev–Trinajstić information content (AvgIpc) is 2.81. The van der Waals surface area contributed by atoms with Gasteiger partial charge in [-0.3, -0.25) is 0 Å². The molecule has 1 aromatic rings. The third-order valence-corrected chi connectivity index (χ3v) is 3.05. The zero-order valence-electron chi connectivity index (χ0n) is 10.6. The molecule has 0 bridgehead atoms. The van der Waals surface area contributed by atoms with Crippen LogP contribution in [0.3, 0.4) is 0 Å². The van der Waals surface area contributed by atoms with Gasteiger partial charge in [-0.25, -0.2) is 5.90 Å². The summed E-state index contributed by atoms with van der Waals surface area (Å²) >= 11 is 0. The van der Waals surface area contributed by atoms with Gasteiger partial charge in [0.2, 0.25) is 0 Å². The molecule has 5 heteroatoms. The first-order valence-corrected chi connectivity index (χ1v) is 5.94. The zero-order chi connectivity index (χ0) is 12.7. The maximum Gasteiger partial charge on any atom is 0.0873 e. The van der Waals surface area contributed by atoms with Gasteiger partial charge >= 0.3 is 0 Å². The van der Waals surface area contributed by atoms with Gasteiger partial charge in [0.1, 0.15) is 0 Å². The van der Waals surface area contributed by atoms with E-state index in [4.69, 9.17) is 10.4 Å². The van der Waals surface area contributed by atoms with Crippen LogP contribution in [-0.4, -0.2) is 16.1 Å². The summed E-state index contributed by atoms with van der Waals surface area (Å²) in [6, 6.07) is 6.52. The van der Waals surface area contributed by atoms with Crippen LogP contribution < -0.4 is 5.90 Å². The van der Waals surface area contributed by atoms with E-state index in [1.165, 1.54) is 24.0 Å². The molecule has 1 aliphatic rings. The van der Waals surface area contributed by atoms with E-state index in [1.807, 2.05) is 0 Å². The Morgan fingerprint density at radius 3 is 2.61 bits per heavy atom. The molecule has 0 saturated carbocycles. The van der Waals surface area contributed by atoms with Crippen molar-refractivity contribution in [2.24, 2.45) is 11.1 Å². The van der Waals surface area contributed by atoms with Crippen molar-refractivity contribution in [1.82, 2.24) is 0 Å². The third-order valence-electron chi connectivity index (χ3n) is 3.05. The molecule has 2 rings (SSSR count). The standard InChI is InChI=1S/C13H17NO.ClH.H3NO/c1-2-3-4-10-5-7-12-11(9-10)6-8-13(12)14-15;;1-2/h5,7,9,15H,2-4,6,8H2,1H3;1H;2H,1H2. The quantitative estimate of drug-likeness (QED) is 0.585. The number of hydrogen-bond acceptors (Lipinski definition) is 4. The second-order valence-electron chi connectivity index (χ2n) is 4.14. The van der Waals surface area contributed by atoms with Crippen LogP contribution >= 0.6 is 12.4 Å². The minimum absolute atomic E-state index is 0. The molecule has 0 amide bonds. The van der Waals surface area contributed by atoms with Crippen molar-refractivity contribution >= 4 is 18.1 Å². The first kappa shape index (κ1) is 16.9. The molecule has 0 atom stereocenters. The zero-order valence-corrected chi connectivity index (χ0v) is 11.4. The molecule has 4 nitrogen and oxygen atoms in total. The molecule has 0 radical (unpaired) electrons. The van der Waals surface area contributed by atoms with Gasteiger partial charge in [0, 0.05) is 5.56 Å². The number of nitrogens with two attached hydrogens (primary N) is 1. The van der Waals surface area contributed by atoms with E-state index in [-0.39, 0.29) is 12.4 Å². The number of aryl methyl sites for hydroxylation is 2. The molecule has 102 valence electrons. The molecule has 0 aromatic heterocycles. The highest BCUT2D eigenvalue weighted by Gasteiger charge is 2.17. The van der Waals surface area contributed by atoms with Gasteiger partial charge in [-0.05, 0) is 36.8 Å². The Hall–Kier alpha value is -1.10. The van der Waals surface area contributed by atoms with Crippen LogP contribution in [0.1, 0.15) is 42.9 Å². The largest absolute Gasteiger partial charge is 0.411 e. The molecular weight excluding hydrogens is 252 g/mol. The fourth-order valence-corrected chi connectivity index (χ4v) is 2.16. The Balaban J connectivity index is 0.000000917. The van der Waals surface area contributed by atoms with Crippen LogP contribution in [0.5, 0.6) is 0 Å². The molecule has 4 N–H and O–H groups in total. The van der Waals surface area contributed by atoms with Crippen LogP contribution in [0.4, 0.5) is 0 Å². The lowest BCUT2D eigenvalue weighted by Gasteiger charge is -2.03. The molecular formula is C13H21ClN2O2. The van der Waals surface area contributed by atoms with Gasteiger partial charge in [-0.1, -0.05) is 36.7 Å². The number of nitrogens with zero attached hydrogens (tertiary/aromatic N) is 1. The molecule has 0 unspecified atom stereocenters. The Morgan fingerprint density at radius 1 is 1.28 bits per heavy atom. The summed E-state index contributed by atoms with van der Waals surface area (Å²) in [7, 11) is 0. The normalized spacial score (nSPS) is 14.5. The first-order chi connectivity index (χ1) is 8.35. The SMILES string of the molecule is CCCCc1ccc2c(c1)CCC2=NO.Cl.NO. The molecule has 0 fully saturated rings. The van der Waals surface area contributed by atoms with Gasteiger partial charge < -0.3 is 10.4 Å². The number of unbranched alkanes of at least 4 members (excludes halogenated alkanes) is 1. The highest BCUT2D eigenvalue weighted by molar-refractivity contribution is 6.04. The second kappa shape index (κ2) is 8.91. The van der Waals surface area contributed by atoms with Gasteiger partial charge in [0.05, 0.1) is 5.71 Å². The predicted molar refractivity (Wildman–Crippen MR) is 74.9 cm³/mol. The minimum Gasteiger partial charge on any atom is -0.411 e. The van der Waals surface area contributed by atoms with E-state index in [1.54, 1.807) is 0 Å². The lowest BCUT2D eigenvalue weighted by molar-refractivity contribution is 0.311. The lowest BCUT2D eigenvalue weighted by atomic mass is 10.0. The van der Waals surface area contributed by atoms with E-state index < -0.39 is 0 Å². The Morgan fingerprint density at radius 2 is 2.00 bits per heavy atom. The Labute approximate surface area is 114 Å². The van der Waals surface area contributed by atoms with E-state index in [0.717, 1.165) is 30.5 Å². The summed E-state index contributed by atoms with van der Waals surface area (Å²) in [5, 5.41) is 18.6. The van der Waals surface area contributed by atoms with Crippen molar-refractivity contribution in [3.8, 4) is 0 Å². The lowest BCUT2D eigenvalue weighted by Crippen LogP contribution is -1.94. The van der Waals surface area contributed by atoms with E-state index in [2.05, 4.69) is 36.2 Å². The van der Waals surface area contributed by atoms with Gasteiger partial charge in [-0.2, -0.15) is 0 Å². The van der Waals surface area contributed by atoms with Crippen molar-refractivity contribution in [3.05, 3.63) is 34.9 Å². The molecule has 18 heavy (non-hydrogen) atoms. The van der Waals surface area contributed by atoms with Crippen molar-refractivity contribution < 1.29 is 10.4 Å². The Kier molecular flexibility index (Phi) is 8.37. The van der Waals surface area contributed by atoms with Crippen LogP contribution in [0.2, 0.25) is 0 Å². The van der Waals surface area contributed by atoms with Crippen LogP contribution in [-0.2, 0) is 12.8 Å². The number of oxime groups is 1. The van der Waals surface area contributed by atoms with E-state index in [0.29, 0.717) is 0 Å². The minimum atomic E-state index is 0. The summed E-state index contributed by atoms with van der Waals surface area (Å²) in [6.07, 6.45) is 5.55. The average molecular weight is 273 g/mol. The van der Waals surface area contributed by atoms with E-state index in [9.17, 15) is 0 Å². The van der Waals surface area contributed by atoms with Crippen molar-refractivity contribution in [2.45, 2.75) is 39.0 Å². The fraction of sp³-hybridized carbons (Fsp3) is 0.462. The number of fused-ring (bicyclic) bond motifs is 1. The number of rotatable bonds is 3. The molecule has 1 aromatic carbocycles. The van der Waals surface area contributed by atoms with Gasteiger partial charge in [0.15, 0.2) is 0 Å². The highest BCUT2D eigenvalue weighted by Crippen LogP contribution is 2.24. The summed E-state index contributed by atoms with van der Waals surface area (Å²) in [5.41, 5.74) is 4.73. The highest BCUT2D eigenvalue weighted by atomic mass is 35.5. The van der Waals surface area contributed by atoms with Crippen LogP contribution in [0.25, 0.3) is 0 Å². The van der Waals surface area contributed by atoms with E-state index >= 15 is 0 Å². The first-order valence-electron chi connectivity index (χ1n) is 5.94. The summed E-state index contributed by atoms with van der Waals surface area (Å²) in [4.78, 5) is 0. The fourth-order valence-electron chi connectivity index (χ4n) is 2.16. The van der Waals surface area contributed by atoms with Crippen molar-refractivity contribution in [3.63, 3.8) is 0 Å². The molecule has 0 heterocycles. The third kappa shape index (κ3) is 3.98. The van der Waals surface area contributed by atoms with Crippen molar-refractivity contribution in [2.75, 3.05) is 0 Å². The summed E-state index contributed by atoms with van der Waals surface area (Å²) in [6.45, 7) is 2.21. The molecule has 1 aliphatic carbocycles. The Bertz CT molecular complexity index is 395. The summed E-state index contributed by atoms with van der Waals surface area (Å²) < 4.78 is 0. The smallest absolute Gasteiger partial charge is 0.0873 e. The maximum absolute atomic E-state index is 8.81. The van der Waals surface area contributed by atoms with Crippen LogP contribution in [0.15, 0.2) is 23.4 Å². The van der Waals surface area contributed by atoms with Gasteiger partial charge in [0.25, 0.3) is 0 Å². The molecule has 0 saturated heterocycles. The predicted octanol–water partition coefficient (Wildman–Crippen LogP) is 2.91. The molecule has 0 aliphatic heterocycles. The van der Waals surface area contributed by atoms with Crippen molar-refractivity contribution in [1.29, 1.82) is 0 Å². The van der Waals surface area contributed by atoms with Crippen LogP contribution in [0, 0.1) is 0 Å². The second-order valence-corrected chi connectivity index (χ2v) is 4.14.